The van der Waals surface area contributed by atoms with Crippen LogP contribution < -0.4 is 5.32 Å². The number of hydrogen-bond acceptors (Lipinski definition) is 4. The summed E-state index contributed by atoms with van der Waals surface area (Å²) in [6.45, 7) is 4.66. The molecule has 1 saturated heterocycles. The molecule has 100 valence electrons. The summed E-state index contributed by atoms with van der Waals surface area (Å²) in [4.78, 5) is 2.60. The van der Waals surface area contributed by atoms with Gasteiger partial charge in [-0.3, -0.25) is 4.68 Å². The van der Waals surface area contributed by atoms with Gasteiger partial charge >= 0.3 is 0 Å². The molecule has 5 nitrogen and oxygen atoms in total. The maximum atomic E-state index is 4.00. The molecule has 1 saturated carbocycles. The highest BCUT2D eigenvalue weighted by Crippen LogP contribution is 2.21. The molecule has 0 aromatic carbocycles. The van der Waals surface area contributed by atoms with Gasteiger partial charge in [-0.1, -0.05) is 5.21 Å². The molecule has 5 heteroatoms. The maximum Gasteiger partial charge on any atom is 0.0692 e. The summed E-state index contributed by atoms with van der Waals surface area (Å²) >= 11 is 0. The third kappa shape index (κ3) is 3.53. The van der Waals surface area contributed by atoms with E-state index in [9.17, 15) is 0 Å². The molecule has 18 heavy (non-hydrogen) atoms. The molecule has 0 amide bonds. The highest BCUT2D eigenvalue weighted by molar-refractivity contribution is 4.88. The number of rotatable bonds is 6. The Hall–Kier alpha value is -0.940. The van der Waals surface area contributed by atoms with E-state index in [4.69, 9.17) is 0 Å². The van der Waals surface area contributed by atoms with Crippen molar-refractivity contribution in [2.24, 2.45) is 0 Å². The number of nitrogens with one attached hydrogen (secondary N) is 1. The molecule has 1 aromatic heterocycles. The lowest BCUT2D eigenvalue weighted by atomic mass is 10.1. The Morgan fingerprint density at radius 2 is 2.11 bits per heavy atom. The van der Waals surface area contributed by atoms with E-state index in [1.165, 1.54) is 51.7 Å². The lowest BCUT2D eigenvalue weighted by molar-refractivity contribution is 0.184. The Morgan fingerprint density at radius 1 is 1.17 bits per heavy atom. The zero-order valence-electron chi connectivity index (χ0n) is 11.0. The fourth-order valence-corrected chi connectivity index (χ4v) is 2.79. The zero-order chi connectivity index (χ0) is 12.2. The Morgan fingerprint density at radius 3 is 2.89 bits per heavy atom. The van der Waals surface area contributed by atoms with E-state index >= 15 is 0 Å². The van der Waals surface area contributed by atoms with Gasteiger partial charge < -0.3 is 10.2 Å². The van der Waals surface area contributed by atoms with E-state index in [2.05, 4.69) is 20.5 Å². The van der Waals surface area contributed by atoms with Crippen LogP contribution in [0.3, 0.4) is 0 Å². The Labute approximate surface area is 109 Å². The van der Waals surface area contributed by atoms with Crippen LogP contribution in [0.5, 0.6) is 0 Å². The Bertz CT molecular complexity index is 346. The molecule has 1 atom stereocenters. The van der Waals surface area contributed by atoms with Crippen molar-refractivity contribution in [3.8, 4) is 0 Å². The molecule has 0 spiro atoms. The van der Waals surface area contributed by atoms with Crippen LogP contribution in [0.4, 0.5) is 0 Å². The Balaban J connectivity index is 1.36. The average Bonchev–Trinajstić information content (AvgIpc) is 3.04. The number of hydrogen-bond donors (Lipinski definition) is 1. The van der Waals surface area contributed by atoms with Crippen molar-refractivity contribution in [2.45, 2.75) is 50.7 Å². The van der Waals surface area contributed by atoms with Crippen LogP contribution in [0.25, 0.3) is 0 Å². The number of aryl methyl sites for hydroxylation is 1. The van der Waals surface area contributed by atoms with E-state index in [-0.39, 0.29) is 0 Å². The second kappa shape index (κ2) is 5.80. The van der Waals surface area contributed by atoms with E-state index in [0.29, 0.717) is 0 Å². The highest BCUT2D eigenvalue weighted by atomic mass is 15.4. The van der Waals surface area contributed by atoms with Crippen molar-refractivity contribution < 1.29 is 0 Å². The van der Waals surface area contributed by atoms with Crippen LogP contribution in [0.15, 0.2) is 12.4 Å². The van der Waals surface area contributed by atoms with Crippen molar-refractivity contribution in [1.29, 1.82) is 0 Å². The van der Waals surface area contributed by atoms with Crippen LogP contribution in [0.2, 0.25) is 0 Å². The smallest absolute Gasteiger partial charge is 0.0692 e. The second-order valence-electron chi connectivity index (χ2n) is 5.60. The van der Waals surface area contributed by atoms with Crippen molar-refractivity contribution in [2.75, 3.05) is 19.6 Å². The number of likely N-dealkylation sites (tertiary alicyclic amines) is 1. The van der Waals surface area contributed by atoms with Gasteiger partial charge in [0.2, 0.25) is 0 Å². The topological polar surface area (TPSA) is 46.0 Å². The van der Waals surface area contributed by atoms with Gasteiger partial charge in [0.05, 0.1) is 6.20 Å². The molecule has 0 radical (unpaired) electrons. The largest absolute Gasteiger partial charge is 0.310 e. The van der Waals surface area contributed by atoms with Crippen molar-refractivity contribution in [3.63, 3.8) is 0 Å². The first kappa shape index (κ1) is 12.1. The molecule has 1 aliphatic carbocycles. The first-order valence-electron chi connectivity index (χ1n) is 7.22. The standard InChI is InChI=1S/C13H23N5/c1-3-13(15-12-4-5-12)11-17(7-1)8-2-9-18-10-6-14-16-18/h6,10,12-13,15H,1-5,7-9,11H2. The van der Waals surface area contributed by atoms with Gasteiger partial charge in [0, 0.05) is 31.4 Å². The minimum absolute atomic E-state index is 0.734. The van der Waals surface area contributed by atoms with Gasteiger partial charge in [0.1, 0.15) is 0 Å². The zero-order valence-corrected chi connectivity index (χ0v) is 11.0. The van der Waals surface area contributed by atoms with Gasteiger partial charge in [0.15, 0.2) is 0 Å². The summed E-state index contributed by atoms with van der Waals surface area (Å²) in [5.41, 5.74) is 0. The van der Waals surface area contributed by atoms with Crippen LogP contribution in [-0.4, -0.2) is 51.6 Å². The van der Waals surface area contributed by atoms with E-state index in [1.807, 2.05) is 10.9 Å². The Kier molecular flexibility index (Phi) is 3.90. The van der Waals surface area contributed by atoms with Crippen molar-refractivity contribution in [3.05, 3.63) is 12.4 Å². The molecule has 1 aliphatic heterocycles. The molecular formula is C13H23N5. The normalized spacial score (nSPS) is 25.4. The predicted molar refractivity (Wildman–Crippen MR) is 70.3 cm³/mol. The summed E-state index contributed by atoms with van der Waals surface area (Å²) in [7, 11) is 0. The first-order valence-corrected chi connectivity index (χ1v) is 7.22. The predicted octanol–water partition coefficient (Wildman–Crippen LogP) is 0.885. The first-order chi connectivity index (χ1) is 8.90. The molecule has 2 aliphatic rings. The summed E-state index contributed by atoms with van der Waals surface area (Å²) in [5, 5.41) is 11.6. The van der Waals surface area contributed by atoms with Crippen LogP contribution >= 0.6 is 0 Å². The van der Waals surface area contributed by atoms with Crippen LogP contribution in [0, 0.1) is 0 Å². The number of aromatic nitrogens is 3. The molecule has 0 bridgehead atoms. The molecule has 2 heterocycles. The number of nitrogens with zero attached hydrogens (tertiary/aromatic N) is 4. The second-order valence-corrected chi connectivity index (χ2v) is 5.60. The van der Waals surface area contributed by atoms with E-state index < -0.39 is 0 Å². The maximum absolute atomic E-state index is 4.00. The lowest BCUT2D eigenvalue weighted by Gasteiger charge is -2.33. The van der Waals surface area contributed by atoms with E-state index in [1.54, 1.807) is 6.20 Å². The summed E-state index contributed by atoms with van der Waals surface area (Å²) < 4.78 is 1.92. The minimum atomic E-state index is 0.734. The quantitative estimate of drug-likeness (QED) is 0.813. The fourth-order valence-electron chi connectivity index (χ4n) is 2.79. The molecular weight excluding hydrogens is 226 g/mol. The molecule has 1 unspecified atom stereocenters. The molecule has 2 fully saturated rings. The van der Waals surface area contributed by atoms with Gasteiger partial charge in [-0.15, -0.1) is 5.10 Å². The van der Waals surface area contributed by atoms with Crippen LogP contribution in [0.1, 0.15) is 32.1 Å². The molecule has 1 aromatic rings. The monoisotopic (exact) mass is 249 g/mol. The third-order valence-electron chi connectivity index (χ3n) is 3.89. The molecule has 1 N–H and O–H groups in total. The average molecular weight is 249 g/mol. The molecule has 3 rings (SSSR count). The summed E-state index contributed by atoms with van der Waals surface area (Å²) in [5.74, 6) is 0. The van der Waals surface area contributed by atoms with Crippen molar-refractivity contribution in [1.82, 2.24) is 25.2 Å². The van der Waals surface area contributed by atoms with Crippen molar-refractivity contribution >= 4 is 0 Å². The van der Waals surface area contributed by atoms with Gasteiger partial charge in [0.25, 0.3) is 0 Å². The van der Waals surface area contributed by atoms with Gasteiger partial charge in [-0.25, -0.2) is 0 Å². The van der Waals surface area contributed by atoms with Gasteiger partial charge in [-0.2, -0.15) is 0 Å². The van der Waals surface area contributed by atoms with E-state index in [0.717, 1.165) is 18.6 Å². The van der Waals surface area contributed by atoms with Crippen LogP contribution in [-0.2, 0) is 6.54 Å². The highest BCUT2D eigenvalue weighted by Gasteiger charge is 2.27. The summed E-state index contributed by atoms with van der Waals surface area (Å²) in [6.07, 6.45) is 10.3. The SMILES string of the molecule is c1cn(CCCN2CCCC(NC3CC3)C2)nn1. The van der Waals surface area contributed by atoms with Gasteiger partial charge in [-0.05, 0) is 45.2 Å². The third-order valence-corrected chi connectivity index (χ3v) is 3.89. The number of piperidine rings is 1. The minimum Gasteiger partial charge on any atom is -0.310 e. The lowest BCUT2D eigenvalue weighted by Crippen LogP contribution is -2.46. The fraction of sp³-hybridized carbons (Fsp3) is 0.846. The summed E-state index contributed by atoms with van der Waals surface area (Å²) in [6, 6.07) is 1.57.